The summed E-state index contributed by atoms with van der Waals surface area (Å²) in [7, 11) is -1.95. The van der Waals surface area contributed by atoms with Crippen molar-refractivity contribution >= 4 is 32.6 Å². The maximum Gasteiger partial charge on any atom is 0.225 e. The van der Waals surface area contributed by atoms with Crippen LogP contribution in [0.15, 0.2) is 17.4 Å². The number of ether oxygens (including phenoxy) is 2. The standard InChI is InChI=1S/C27H44ClN5O4S/c1-20(2)38(34,35)26-24-25(30-27(28)31-26)29-22(4)33(24)16-11-7-6-10-15-32-17-14-23(19-32)37-18-12-8-9-13-21(3)36-5/h20,23H,3,6-19H2,1-2,4-5H3/t23-/m1/s1. The average Bonchev–Trinajstić information content (AvgIpc) is 3.45. The Labute approximate surface area is 232 Å². The number of rotatable bonds is 17. The van der Waals surface area contributed by atoms with Crippen molar-refractivity contribution < 1.29 is 17.9 Å². The van der Waals surface area contributed by atoms with E-state index in [-0.39, 0.29) is 10.3 Å². The molecule has 38 heavy (non-hydrogen) atoms. The first kappa shape index (κ1) is 30.8. The van der Waals surface area contributed by atoms with E-state index < -0.39 is 15.1 Å². The fraction of sp³-hybridized carbons (Fsp3) is 0.741. The number of likely N-dealkylation sites (tertiary alicyclic amines) is 1. The molecule has 3 heterocycles. The third kappa shape index (κ3) is 8.37. The number of hydrogen-bond donors (Lipinski definition) is 0. The molecule has 0 aliphatic carbocycles. The van der Waals surface area contributed by atoms with Gasteiger partial charge in [-0.2, -0.15) is 4.98 Å². The van der Waals surface area contributed by atoms with Crippen molar-refractivity contribution in [1.29, 1.82) is 0 Å². The van der Waals surface area contributed by atoms with Gasteiger partial charge in [-0.05, 0) is 71.0 Å². The monoisotopic (exact) mass is 569 g/mol. The van der Waals surface area contributed by atoms with E-state index >= 15 is 0 Å². The molecular weight excluding hydrogens is 526 g/mol. The van der Waals surface area contributed by atoms with Crippen LogP contribution in [0.3, 0.4) is 0 Å². The number of methoxy groups -OCH3 is 1. The van der Waals surface area contributed by atoms with E-state index in [4.69, 9.17) is 21.1 Å². The molecule has 0 N–H and O–H groups in total. The average molecular weight is 570 g/mol. The number of fused-ring (bicyclic) bond motifs is 1. The van der Waals surface area contributed by atoms with Gasteiger partial charge in [0.2, 0.25) is 5.28 Å². The van der Waals surface area contributed by atoms with Crippen molar-refractivity contribution in [3.05, 3.63) is 23.4 Å². The summed E-state index contributed by atoms with van der Waals surface area (Å²) < 4.78 is 39.0. The van der Waals surface area contributed by atoms with Crippen LogP contribution in [0.5, 0.6) is 0 Å². The number of hydrogen-bond acceptors (Lipinski definition) is 8. The van der Waals surface area contributed by atoms with Crippen LogP contribution in [0.1, 0.15) is 77.5 Å². The van der Waals surface area contributed by atoms with Crippen molar-refractivity contribution in [2.45, 2.75) is 101 Å². The first-order valence-electron chi connectivity index (χ1n) is 13.8. The smallest absolute Gasteiger partial charge is 0.225 e. The first-order valence-corrected chi connectivity index (χ1v) is 15.8. The van der Waals surface area contributed by atoms with Gasteiger partial charge in [0.05, 0.1) is 24.2 Å². The lowest BCUT2D eigenvalue weighted by Crippen LogP contribution is -2.24. The lowest BCUT2D eigenvalue weighted by atomic mass is 10.2. The van der Waals surface area contributed by atoms with Crippen LogP contribution in [0.25, 0.3) is 11.2 Å². The second-order valence-electron chi connectivity index (χ2n) is 10.4. The maximum atomic E-state index is 12.9. The highest BCUT2D eigenvalue weighted by molar-refractivity contribution is 7.92. The molecule has 0 unspecified atom stereocenters. The third-order valence-corrected chi connectivity index (χ3v) is 9.44. The van der Waals surface area contributed by atoms with Crippen LogP contribution in [0.2, 0.25) is 5.28 Å². The number of aryl methyl sites for hydroxylation is 2. The van der Waals surface area contributed by atoms with Gasteiger partial charge in [-0.25, -0.2) is 18.4 Å². The van der Waals surface area contributed by atoms with Crippen LogP contribution in [-0.2, 0) is 25.9 Å². The van der Waals surface area contributed by atoms with E-state index in [2.05, 4.69) is 26.4 Å². The Morgan fingerprint density at radius 1 is 1.08 bits per heavy atom. The third-order valence-electron chi connectivity index (χ3n) is 7.20. The van der Waals surface area contributed by atoms with E-state index in [1.165, 1.54) is 0 Å². The molecule has 3 rings (SSSR count). The van der Waals surface area contributed by atoms with Crippen molar-refractivity contribution in [2.24, 2.45) is 0 Å². The van der Waals surface area contributed by atoms with Gasteiger partial charge in [0.25, 0.3) is 0 Å². The molecule has 9 nitrogen and oxygen atoms in total. The lowest BCUT2D eigenvalue weighted by molar-refractivity contribution is 0.0562. The van der Waals surface area contributed by atoms with Crippen LogP contribution in [0.4, 0.5) is 0 Å². The second-order valence-corrected chi connectivity index (χ2v) is 13.2. The summed E-state index contributed by atoms with van der Waals surface area (Å²) >= 11 is 6.02. The molecule has 1 fully saturated rings. The van der Waals surface area contributed by atoms with Gasteiger partial charge in [-0.1, -0.05) is 25.8 Å². The highest BCUT2D eigenvalue weighted by Crippen LogP contribution is 2.26. The molecule has 2 aromatic heterocycles. The topological polar surface area (TPSA) is 99.4 Å². The molecule has 1 saturated heterocycles. The Hall–Kier alpha value is -1.75. The normalized spacial score (nSPS) is 16.6. The van der Waals surface area contributed by atoms with Crippen molar-refractivity contribution in [2.75, 3.05) is 33.4 Å². The van der Waals surface area contributed by atoms with Gasteiger partial charge < -0.3 is 18.9 Å². The van der Waals surface area contributed by atoms with Gasteiger partial charge in [-0.15, -0.1) is 0 Å². The summed E-state index contributed by atoms with van der Waals surface area (Å²) in [5.74, 6) is 1.58. The first-order chi connectivity index (χ1) is 18.1. The number of nitrogens with zero attached hydrogens (tertiary/aromatic N) is 5. The molecule has 0 spiro atoms. The van der Waals surface area contributed by atoms with Gasteiger partial charge >= 0.3 is 0 Å². The molecule has 1 atom stereocenters. The summed E-state index contributed by atoms with van der Waals surface area (Å²) in [5.41, 5.74) is 0.800. The molecule has 1 aliphatic heterocycles. The lowest BCUT2D eigenvalue weighted by Gasteiger charge is -2.16. The molecule has 214 valence electrons. The minimum Gasteiger partial charge on any atom is -0.502 e. The Balaban J connectivity index is 1.37. The highest BCUT2D eigenvalue weighted by atomic mass is 35.5. The zero-order valence-corrected chi connectivity index (χ0v) is 25.0. The fourth-order valence-corrected chi connectivity index (χ4v) is 6.18. The number of aromatic nitrogens is 4. The van der Waals surface area contributed by atoms with E-state index in [1.807, 2.05) is 11.5 Å². The predicted octanol–water partition coefficient (Wildman–Crippen LogP) is 5.34. The maximum absolute atomic E-state index is 12.9. The minimum atomic E-state index is -3.62. The summed E-state index contributed by atoms with van der Waals surface area (Å²) in [6, 6.07) is 0. The molecule has 0 saturated carbocycles. The molecular formula is C27H44ClN5O4S. The minimum absolute atomic E-state index is 0.0223. The van der Waals surface area contributed by atoms with Gasteiger partial charge in [-0.3, -0.25) is 0 Å². The van der Waals surface area contributed by atoms with Crippen LogP contribution < -0.4 is 0 Å². The Morgan fingerprint density at radius 2 is 1.79 bits per heavy atom. The number of unbranched alkanes of at least 4 members (excludes halogenated alkanes) is 5. The summed E-state index contributed by atoms with van der Waals surface area (Å²) in [5, 5.41) is -0.728. The Morgan fingerprint density at radius 3 is 2.50 bits per heavy atom. The summed E-state index contributed by atoms with van der Waals surface area (Å²) in [4.78, 5) is 15.2. The molecule has 2 aromatic rings. The predicted molar refractivity (Wildman–Crippen MR) is 151 cm³/mol. The second kappa shape index (κ2) is 14.6. The van der Waals surface area contributed by atoms with Gasteiger partial charge in [0.15, 0.2) is 20.5 Å². The SMILES string of the molecule is C=C(CCCCCO[C@@H]1CCN(CCCCCCn2c(C)nc3nc(Cl)nc(S(=O)(=O)C(C)C)c32)C1)OC. The number of halogens is 1. The zero-order chi connectivity index (χ0) is 27.7. The van der Waals surface area contributed by atoms with E-state index in [0.29, 0.717) is 23.8 Å². The van der Waals surface area contributed by atoms with Crippen molar-refractivity contribution in [3.63, 3.8) is 0 Å². The molecule has 1 aliphatic rings. The van der Waals surface area contributed by atoms with E-state index in [0.717, 1.165) is 95.6 Å². The van der Waals surface area contributed by atoms with Gasteiger partial charge in [0.1, 0.15) is 11.3 Å². The van der Waals surface area contributed by atoms with Crippen molar-refractivity contribution in [1.82, 2.24) is 24.4 Å². The molecule has 0 amide bonds. The summed E-state index contributed by atoms with van der Waals surface area (Å²) in [6.07, 6.45) is 9.98. The number of sulfone groups is 1. The van der Waals surface area contributed by atoms with Crippen molar-refractivity contribution in [3.8, 4) is 0 Å². The molecule has 0 radical (unpaired) electrons. The molecule has 0 aromatic carbocycles. The largest absolute Gasteiger partial charge is 0.502 e. The number of imidazole rings is 1. The zero-order valence-electron chi connectivity index (χ0n) is 23.4. The van der Waals surface area contributed by atoms with E-state index in [9.17, 15) is 8.42 Å². The fourth-order valence-electron chi connectivity index (χ4n) is 4.83. The molecule has 0 bridgehead atoms. The van der Waals surface area contributed by atoms with Crippen LogP contribution in [-0.4, -0.2) is 77.5 Å². The van der Waals surface area contributed by atoms with Crippen LogP contribution >= 0.6 is 11.6 Å². The Kier molecular flexibility index (Phi) is 11.8. The molecule has 11 heteroatoms. The van der Waals surface area contributed by atoms with Crippen LogP contribution in [0, 0.1) is 6.92 Å². The summed E-state index contributed by atoms with van der Waals surface area (Å²) in [6.45, 7) is 13.7. The quantitative estimate of drug-likeness (QED) is 0.109. The van der Waals surface area contributed by atoms with E-state index in [1.54, 1.807) is 21.0 Å². The highest BCUT2D eigenvalue weighted by Gasteiger charge is 2.28. The Bertz CT molecular complexity index is 1170. The number of allylic oxidation sites excluding steroid dienone is 1. The van der Waals surface area contributed by atoms with Gasteiger partial charge in [0, 0.05) is 32.7 Å².